The largest absolute Gasteiger partial charge is 0.352 e. The van der Waals surface area contributed by atoms with Crippen molar-refractivity contribution in [2.75, 3.05) is 10.8 Å². The first-order valence-corrected chi connectivity index (χ1v) is 15.8. The molecule has 1 unspecified atom stereocenters. The van der Waals surface area contributed by atoms with Crippen LogP contribution in [0.15, 0.2) is 114 Å². The molecular weight excluding hydrogens is 558 g/mol. The fourth-order valence-electron chi connectivity index (χ4n) is 4.86. The summed E-state index contributed by atoms with van der Waals surface area (Å²) < 4.78 is 29.2. The number of anilines is 1. The predicted molar refractivity (Wildman–Crippen MR) is 171 cm³/mol. The van der Waals surface area contributed by atoms with Crippen molar-refractivity contribution in [1.29, 1.82) is 0 Å². The third-order valence-corrected chi connectivity index (χ3v) is 8.86. The van der Waals surface area contributed by atoms with Crippen molar-refractivity contribution in [1.82, 2.24) is 10.2 Å². The van der Waals surface area contributed by atoms with Crippen LogP contribution in [0.4, 0.5) is 5.69 Å². The van der Waals surface area contributed by atoms with Gasteiger partial charge >= 0.3 is 0 Å². The number of carbonyl (C=O) groups excluding carboxylic acids is 2. The summed E-state index contributed by atoms with van der Waals surface area (Å²) in [5.41, 5.74) is 4.02. The van der Waals surface area contributed by atoms with E-state index in [0.29, 0.717) is 5.69 Å². The summed E-state index contributed by atoms with van der Waals surface area (Å²) in [5, 5.41) is 2.98. The first-order valence-electron chi connectivity index (χ1n) is 14.4. The van der Waals surface area contributed by atoms with Gasteiger partial charge in [0.2, 0.25) is 11.8 Å². The minimum absolute atomic E-state index is 0.0766. The molecule has 0 bridgehead atoms. The summed E-state index contributed by atoms with van der Waals surface area (Å²) in [7, 11) is -4.12. The van der Waals surface area contributed by atoms with Crippen molar-refractivity contribution >= 4 is 27.5 Å². The molecule has 1 N–H and O–H groups in total. The van der Waals surface area contributed by atoms with Gasteiger partial charge in [-0.15, -0.1) is 0 Å². The van der Waals surface area contributed by atoms with Crippen LogP contribution >= 0.6 is 0 Å². The highest BCUT2D eigenvalue weighted by molar-refractivity contribution is 7.92. The van der Waals surface area contributed by atoms with Gasteiger partial charge in [-0.3, -0.25) is 13.9 Å². The molecule has 2 amide bonds. The maximum Gasteiger partial charge on any atom is 0.264 e. The van der Waals surface area contributed by atoms with E-state index in [0.717, 1.165) is 26.6 Å². The molecule has 0 spiro atoms. The lowest BCUT2D eigenvalue weighted by atomic mass is 10.0. The minimum atomic E-state index is -4.12. The molecule has 0 aliphatic carbocycles. The van der Waals surface area contributed by atoms with Crippen LogP contribution in [0.1, 0.15) is 36.1 Å². The van der Waals surface area contributed by atoms with Gasteiger partial charge in [-0.2, -0.15) is 0 Å². The Labute approximate surface area is 255 Å². The zero-order chi connectivity index (χ0) is 31.0. The number of aryl methyl sites for hydroxylation is 2. The van der Waals surface area contributed by atoms with E-state index >= 15 is 0 Å². The Morgan fingerprint density at radius 1 is 0.744 bits per heavy atom. The molecule has 4 aromatic carbocycles. The Balaban J connectivity index is 1.80. The minimum Gasteiger partial charge on any atom is -0.352 e. The van der Waals surface area contributed by atoms with Crippen LogP contribution in [0.3, 0.4) is 0 Å². The van der Waals surface area contributed by atoms with Crippen LogP contribution in [-0.4, -0.2) is 43.8 Å². The molecule has 0 radical (unpaired) electrons. The third kappa shape index (κ3) is 8.32. The molecule has 8 heteroatoms. The third-order valence-electron chi connectivity index (χ3n) is 7.08. The topological polar surface area (TPSA) is 86.8 Å². The number of carbonyl (C=O) groups is 2. The first-order chi connectivity index (χ1) is 20.5. The van der Waals surface area contributed by atoms with Gasteiger partial charge < -0.3 is 10.2 Å². The number of amides is 2. The number of benzene rings is 4. The second-order valence-electron chi connectivity index (χ2n) is 11.0. The van der Waals surface area contributed by atoms with Crippen LogP contribution in [0.25, 0.3) is 0 Å². The lowest BCUT2D eigenvalue weighted by molar-refractivity contribution is -0.140. The first kappa shape index (κ1) is 31.5. The molecular formula is C35H39N3O4S. The van der Waals surface area contributed by atoms with E-state index in [1.54, 1.807) is 36.4 Å². The molecule has 0 aromatic heterocycles. The Bertz CT molecular complexity index is 1620. The standard InChI is InChI=1S/C35H39N3O4S/c1-26(2)36-35(40)33(23-29-13-7-5-8-14-29)37(24-30-20-18-27(3)19-21-30)34(39)25-38(31-15-11-12-28(4)22-31)43(41,42)32-16-9-6-10-17-32/h5-22,26,33H,23-25H2,1-4H3,(H,36,40). The Morgan fingerprint density at radius 3 is 1.98 bits per heavy atom. The van der Waals surface area contributed by atoms with Crippen LogP contribution in [-0.2, 0) is 32.6 Å². The summed E-state index contributed by atoms with van der Waals surface area (Å²) in [6, 6.07) is 31.4. The second kappa shape index (κ2) is 14.2. The number of sulfonamides is 1. The van der Waals surface area contributed by atoms with E-state index in [1.165, 1.54) is 17.0 Å². The predicted octanol–water partition coefficient (Wildman–Crippen LogP) is 5.66. The maximum atomic E-state index is 14.4. The molecule has 0 heterocycles. The van der Waals surface area contributed by atoms with Crippen molar-refractivity contribution in [2.45, 2.75) is 57.6 Å². The van der Waals surface area contributed by atoms with Gasteiger partial charge in [-0.25, -0.2) is 8.42 Å². The van der Waals surface area contributed by atoms with Crippen molar-refractivity contribution in [3.05, 3.63) is 131 Å². The van der Waals surface area contributed by atoms with E-state index in [2.05, 4.69) is 5.32 Å². The van der Waals surface area contributed by atoms with Gasteiger partial charge in [0.25, 0.3) is 10.0 Å². The molecule has 4 aromatic rings. The maximum absolute atomic E-state index is 14.4. The van der Waals surface area contributed by atoms with Crippen LogP contribution in [0.2, 0.25) is 0 Å². The normalized spacial score (nSPS) is 12.0. The highest BCUT2D eigenvalue weighted by atomic mass is 32.2. The lowest BCUT2D eigenvalue weighted by Gasteiger charge is -2.34. The van der Waals surface area contributed by atoms with Crippen molar-refractivity contribution in [2.24, 2.45) is 0 Å². The smallest absolute Gasteiger partial charge is 0.264 e. The molecule has 0 fully saturated rings. The van der Waals surface area contributed by atoms with E-state index in [4.69, 9.17) is 0 Å². The van der Waals surface area contributed by atoms with Crippen LogP contribution < -0.4 is 9.62 Å². The summed E-state index contributed by atoms with van der Waals surface area (Å²) in [5.74, 6) is -0.784. The number of hydrogen-bond donors (Lipinski definition) is 1. The Morgan fingerprint density at radius 2 is 1.37 bits per heavy atom. The van der Waals surface area contributed by atoms with Crippen molar-refractivity contribution in [3.63, 3.8) is 0 Å². The monoisotopic (exact) mass is 597 g/mol. The summed E-state index contributed by atoms with van der Waals surface area (Å²) in [6.45, 7) is 7.25. The highest BCUT2D eigenvalue weighted by Gasteiger charge is 2.34. The average molecular weight is 598 g/mol. The molecule has 7 nitrogen and oxygen atoms in total. The number of rotatable bonds is 12. The molecule has 224 valence electrons. The van der Waals surface area contributed by atoms with E-state index in [-0.39, 0.29) is 29.8 Å². The average Bonchev–Trinajstić information content (AvgIpc) is 2.99. The molecule has 4 rings (SSSR count). The van der Waals surface area contributed by atoms with Crippen LogP contribution in [0.5, 0.6) is 0 Å². The molecule has 1 atom stereocenters. The Kier molecular flexibility index (Phi) is 10.4. The van der Waals surface area contributed by atoms with E-state index in [9.17, 15) is 18.0 Å². The summed E-state index contributed by atoms with van der Waals surface area (Å²) in [4.78, 5) is 29.7. The number of nitrogens with zero attached hydrogens (tertiary/aromatic N) is 2. The summed E-state index contributed by atoms with van der Waals surface area (Å²) >= 11 is 0. The van der Waals surface area contributed by atoms with Gasteiger partial charge in [0.1, 0.15) is 12.6 Å². The molecule has 0 saturated carbocycles. The van der Waals surface area contributed by atoms with Gasteiger partial charge in [0, 0.05) is 19.0 Å². The van der Waals surface area contributed by atoms with Crippen molar-refractivity contribution in [3.8, 4) is 0 Å². The molecule has 0 aliphatic heterocycles. The second-order valence-corrected chi connectivity index (χ2v) is 12.9. The van der Waals surface area contributed by atoms with Gasteiger partial charge in [-0.1, -0.05) is 90.5 Å². The van der Waals surface area contributed by atoms with Crippen molar-refractivity contribution < 1.29 is 18.0 Å². The zero-order valence-electron chi connectivity index (χ0n) is 25.1. The molecule has 43 heavy (non-hydrogen) atoms. The molecule has 0 saturated heterocycles. The number of hydrogen-bond acceptors (Lipinski definition) is 4. The fraction of sp³-hybridized carbons (Fsp3) is 0.257. The van der Waals surface area contributed by atoms with Gasteiger partial charge in [0.05, 0.1) is 10.6 Å². The fourth-order valence-corrected chi connectivity index (χ4v) is 6.28. The quantitative estimate of drug-likeness (QED) is 0.228. The van der Waals surface area contributed by atoms with Gasteiger partial charge in [0.15, 0.2) is 0 Å². The SMILES string of the molecule is Cc1ccc(CN(C(=O)CN(c2cccc(C)c2)S(=O)(=O)c2ccccc2)C(Cc2ccccc2)C(=O)NC(C)C)cc1. The van der Waals surface area contributed by atoms with Crippen LogP contribution in [0, 0.1) is 13.8 Å². The number of nitrogens with one attached hydrogen (secondary N) is 1. The highest BCUT2D eigenvalue weighted by Crippen LogP contribution is 2.26. The van der Waals surface area contributed by atoms with E-state index in [1.807, 2.05) is 88.4 Å². The van der Waals surface area contributed by atoms with E-state index < -0.39 is 28.5 Å². The molecule has 0 aliphatic rings. The Hall–Kier alpha value is -4.43. The zero-order valence-corrected chi connectivity index (χ0v) is 25.9. The lowest BCUT2D eigenvalue weighted by Crippen LogP contribution is -2.54. The summed E-state index contributed by atoms with van der Waals surface area (Å²) in [6.07, 6.45) is 0.271. The van der Waals surface area contributed by atoms with Gasteiger partial charge in [-0.05, 0) is 68.7 Å².